The third kappa shape index (κ3) is 5.45. The number of amides is 1. The molecule has 0 spiro atoms. The molecule has 1 heterocycles. The second-order valence-corrected chi connectivity index (χ2v) is 9.28. The first-order chi connectivity index (χ1) is 16.2. The van der Waals surface area contributed by atoms with Crippen LogP contribution in [0.15, 0.2) is 48.5 Å². The van der Waals surface area contributed by atoms with Crippen molar-refractivity contribution in [2.24, 2.45) is 0 Å². The Hall–Kier alpha value is -3.25. The summed E-state index contributed by atoms with van der Waals surface area (Å²) in [6.07, 6.45) is 0. The van der Waals surface area contributed by atoms with Gasteiger partial charge in [0.25, 0.3) is 5.91 Å². The molecule has 0 aliphatic heterocycles. The zero-order valence-electron chi connectivity index (χ0n) is 21.1. The molecule has 0 saturated heterocycles. The summed E-state index contributed by atoms with van der Waals surface area (Å²) in [6.45, 7) is 15.0. The molecule has 34 heavy (non-hydrogen) atoms. The van der Waals surface area contributed by atoms with Crippen LogP contribution in [0.2, 0.25) is 0 Å². The average Bonchev–Trinajstić information content (AvgIpc) is 3.22. The number of carbonyl (C=O) groups excluding carboxylic acids is 1. The molecule has 0 bridgehead atoms. The predicted octanol–water partition coefficient (Wildman–Crippen LogP) is 5.66. The van der Waals surface area contributed by atoms with Gasteiger partial charge in [0.05, 0.1) is 5.69 Å². The first kappa shape index (κ1) is 25.4. The van der Waals surface area contributed by atoms with Crippen LogP contribution in [0.4, 0.5) is 0 Å². The second-order valence-electron chi connectivity index (χ2n) is 9.28. The van der Waals surface area contributed by atoms with Gasteiger partial charge in [-0.2, -0.15) is 0 Å². The Labute approximate surface area is 202 Å². The predicted molar refractivity (Wildman–Crippen MR) is 138 cm³/mol. The monoisotopic (exact) mass is 463 g/mol. The van der Waals surface area contributed by atoms with Crippen LogP contribution in [0.5, 0.6) is 11.5 Å². The number of benzene rings is 2. The molecule has 0 aliphatic carbocycles. The van der Waals surface area contributed by atoms with Crippen molar-refractivity contribution in [3.63, 3.8) is 0 Å². The maximum Gasteiger partial charge on any atom is 0.268 e. The minimum atomic E-state index is -0.184. The summed E-state index contributed by atoms with van der Waals surface area (Å²) >= 11 is 0. The molecule has 0 saturated carbocycles. The molecule has 0 unspecified atom stereocenters. The number of carbonyl (C=O) groups is 1. The van der Waals surface area contributed by atoms with Crippen molar-refractivity contribution in [3.8, 4) is 28.4 Å². The van der Waals surface area contributed by atoms with Crippen LogP contribution in [-0.4, -0.2) is 44.7 Å². The summed E-state index contributed by atoms with van der Waals surface area (Å²) in [7, 11) is 0. The number of rotatable bonds is 9. The lowest BCUT2D eigenvalue weighted by molar-refractivity contribution is 0.0936. The number of nitrogens with zero attached hydrogens (tertiary/aromatic N) is 2. The second kappa shape index (κ2) is 10.8. The summed E-state index contributed by atoms with van der Waals surface area (Å²) in [5, 5.41) is 24.0. The Morgan fingerprint density at radius 2 is 1.59 bits per heavy atom. The summed E-state index contributed by atoms with van der Waals surface area (Å²) in [5.74, 6) is -0.0789. The summed E-state index contributed by atoms with van der Waals surface area (Å²) < 4.78 is 1.87. The molecule has 1 amide bonds. The van der Waals surface area contributed by atoms with Gasteiger partial charge in [-0.3, -0.25) is 9.69 Å². The third-order valence-electron chi connectivity index (χ3n) is 6.07. The molecule has 1 aromatic heterocycles. The molecule has 2 aromatic carbocycles. The number of phenolic OH excluding ortho intramolecular Hbond substituents is 2. The van der Waals surface area contributed by atoms with Crippen molar-refractivity contribution >= 4 is 5.91 Å². The summed E-state index contributed by atoms with van der Waals surface area (Å²) in [6, 6.07) is 15.0. The van der Waals surface area contributed by atoms with E-state index >= 15 is 0 Å². The lowest BCUT2D eigenvalue weighted by atomic mass is 9.97. The van der Waals surface area contributed by atoms with Crippen LogP contribution >= 0.6 is 0 Å². The molecule has 182 valence electrons. The Kier molecular flexibility index (Phi) is 8.05. The van der Waals surface area contributed by atoms with Crippen LogP contribution in [0.1, 0.15) is 69.1 Å². The first-order valence-corrected chi connectivity index (χ1v) is 12.1. The first-order valence-electron chi connectivity index (χ1n) is 12.1. The number of aromatic hydroxyl groups is 2. The number of hydrogen-bond acceptors (Lipinski definition) is 4. The fourth-order valence-corrected chi connectivity index (χ4v) is 4.16. The molecule has 6 nitrogen and oxygen atoms in total. The topological polar surface area (TPSA) is 77.7 Å². The van der Waals surface area contributed by atoms with E-state index in [2.05, 4.69) is 36.2 Å². The van der Waals surface area contributed by atoms with Crippen LogP contribution < -0.4 is 5.32 Å². The van der Waals surface area contributed by atoms with Gasteiger partial charge in [0.2, 0.25) is 0 Å². The van der Waals surface area contributed by atoms with Crippen molar-refractivity contribution in [1.82, 2.24) is 14.8 Å². The highest BCUT2D eigenvalue weighted by Gasteiger charge is 2.21. The van der Waals surface area contributed by atoms with Crippen molar-refractivity contribution in [1.29, 1.82) is 0 Å². The third-order valence-corrected chi connectivity index (χ3v) is 6.07. The van der Waals surface area contributed by atoms with Gasteiger partial charge in [-0.15, -0.1) is 0 Å². The number of aromatic nitrogens is 1. The van der Waals surface area contributed by atoms with E-state index in [1.54, 1.807) is 12.1 Å². The molecule has 0 atom stereocenters. The van der Waals surface area contributed by atoms with E-state index in [1.165, 1.54) is 11.6 Å². The summed E-state index contributed by atoms with van der Waals surface area (Å²) in [5.41, 5.74) is 4.50. The molecule has 3 aromatic rings. The molecule has 6 heteroatoms. The van der Waals surface area contributed by atoms with Gasteiger partial charge in [0, 0.05) is 29.9 Å². The molecule has 3 N–H and O–H groups in total. The smallest absolute Gasteiger partial charge is 0.268 e. The van der Waals surface area contributed by atoms with Crippen molar-refractivity contribution < 1.29 is 15.0 Å². The van der Waals surface area contributed by atoms with Crippen molar-refractivity contribution in [2.75, 3.05) is 13.1 Å². The lowest BCUT2D eigenvalue weighted by Gasteiger charge is -2.19. The molecule has 3 rings (SSSR count). The van der Waals surface area contributed by atoms with Crippen LogP contribution in [-0.2, 0) is 6.54 Å². The van der Waals surface area contributed by atoms with Crippen molar-refractivity contribution in [2.45, 2.75) is 60.0 Å². The lowest BCUT2D eigenvalue weighted by Crippen LogP contribution is -2.31. The van der Waals surface area contributed by atoms with Crippen LogP contribution in [0.3, 0.4) is 0 Å². The van der Waals surface area contributed by atoms with Crippen LogP contribution in [0.25, 0.3) is 16.9 Å². The minimum absolute atomic E-state index is 0.00892. The Balaban J connectivity index is 2.15. The number of nitrogens with one attached hydrogen (secondary N) is 1. The molecule has 0 radical (unpaired) electrons. The maximum atomic E-state index is 13.1. The Bertz CT molecular complexity index is 1130. The van der Waals surface area contributed by atoms with Gasteiger partial charge < -0.3 is 20.1 Å². The standard InChI is InChI=1S/C28H37N3O3/c1-7-30(8-2)17-20-9-11-21(12-10-20)31-24(13-14-25(31)28(34)29-19(5)6)23-15-22(18(3)4)26(32)16-27(23)33/h9-16,18-19,32-33H,7-8,17H2,1-6H3,(H,29,34). The molecular formula is C28H37N3O3. The van der Waals surface area contributed by atoms with Crippen molar-refractivity contribution in [3.05, 3.63) is 65.4 Å². The molecule has 0 fully saturated rings. The van der Waals surface area contributed by atoms with E-state index in [0.29, 0.717) is 17.0 Å². The number of hydrogen-bond donors (Lipinski definition) is 3. The highest BCUT2D eigenvalue weighted by atomic mass is 16.3. The van der Waals surface area contributed by atoms with Gasteiger partial charge in [-0.05, 0) is 74.3 Å². The fourth-order valence-electron chi connectivity index (χ4n) is 4.16. The van der Waals surface area contributed by atoms with E-state index < -0.39 is 0 Å². The zero-order valence-corrected chi connectivity index (χ0v) is 21.1. The van der Waals surface area contributed by atoms with Gasteiger partial charge in [0.1, 0.15) is 17.2 Å². The van der Waals surface area contributed by atoms with Gasteiger partial charge in [0.15, 0.2) is 0 Å². The SMILES string of the molecule is CCN(CC)Cc1ccc(-n2c(C(=O)NC(C)C)ccc2-c2cc(C(C)C)c(O)cc2O)cc1. The van der Waals surface area contributed by atoms with E-state index in [0.717, 1.165) is 30.9 Å². The zero-order chi connectivity index (χ0) is 25.0. The minimum Gasteiger partial charge on any atom is -0.508 e. The normalized spacial score (nSPS) is 11.6. The highest BCUT2D eigenvalue weighted by molar-refractivity contribution is 5.95. The molecule has 0 aliphatic rings. The van der Waals surface area contributed by atoms with Gasteiger partial charge in [-0.25, -0.2) is 0 Å². The average molecular weight is 464 g/mol. The Morgan fingerprint density at radius 1 is 0.941 bits per heavy atom. The van der Waals surface area contributed by atoms with Gasteiger partial charge in [-0.1, -0.05) is 39.8 Å². The summed E-state index contributed by atoms with van der Waals surface area (Å²) in [4.78, 5) is 15.4. The van der Waals surface area contributed by atoms with E-state index in [9.17, 15) is 15.0 Å². The molecular weight excluding hydrogens is 426 g/mol. The van der Waals surface area contributed by atoms with E-state index in [-0.39, 0.29) is 29.4 Å². The largest absolute Gasteiger partial charge is 0.508 e. The van der Waals surface area contributed by atoms with Gasteiger partial charge >= 0.3 is 0 Å². The number of phenols is 2. The quantitative estimate of drug-likeness (QED) is 0.383. The van der Waals surface area contributed by atoms with Crippen LogP contribution in [0, 0.1) is 0 Å². The fraction of sp³-hybridized carbons (Fsp3) is 0.393. The Morgan fingerprint density at radius 3 is 2.15 bits per heavy atom. The highest BCUT2D eigenvalue weighted by Crippen LogP contribution is 2.39. The van der Waals surface area contributed by atoms with E-state index in [4.69, 9.17) is 0 Å². The maximum absolute atomic E-state index is 13.1. The van der Waals surface area contributed by atoms with E-state index in [1.807, 2.05) is 50.5 Å².